The largest absolute Gasteiger partial charge is 0.483 e. The molecule has 0 unspecified atom stereocenters. The summed E-state index contributed by atoms with van der Waals surface area (Å²) < 4.78 is 5.52. The minimum atomic E-state index is -0.828. The van der Waals surface area contributed by atoms with Crippen LogP contribution < -0.4 is 15.6 Å². The van der Waals surface area contributed by atoms with Gasteiger partial charge in [-0.3, -0.25) is 20.4 Å². The zero-order valence-electron chi connectivity index (χ0n) is 15.4. The molecule has 138 valence electrons. The number of hydrazine groups is 1. The van der Waals surface area contributed by atoms with E-state index in [4.69, 9.17) is 16.3 Å². The molecule has 0 spiro atoms. The fourth-order valence-corrected chi connectivity index (χ4v) is 2.45. The van der Waals surface area contributed by atoms with Crippen molar-refractivity contribution in [2.45, 2.75) is 33.1 Å². The smallest absolute Gasteiger partial charge is 0.276 e. The van der Waals surface area contributed by atoms with Crippen molar-refractivity contribution in [2.24, 2.45) is 0 Å². The van der Waals surface area contributed by atoms with Gasteiger partial charge >= 0.3 is 0 Å². The number of hydrogen-bond acceptors (Lipinski definition) is 3. The predicted molar refractivity (Wildman–Crippen MR) is 102 cm³/mol. The number of carbonyl (C=O) groups excluding carboxylic acids is 2. The fraction of sp³-hybridized carbons (Fsp3) is 0.300. The molecule has 2 aromatic carbocycles. The molecular weight excluding hydrogens is 352 g/mol. The van der Waals surface area contributed by atoms with Gasteiger partial charge in [0, 0.05) is 5.02 Å². The summed E-state index contributed by atoms with van der Waals surface area (Å²) in [5.74, 6) is -0.126. The number of aryl methyl sites for hydroxylation is 2. The van der Waals surface area contributed by atoms with Gasteiger partial charge < -0.3 is 4.74 Å². The maximum Gasteiger partial charge on any atom is 0.276 e. The molecule has 26 heavy (non-hydrogen) atoms. The number of halogens is 1. The molecule has 0 aliphatic rings. The van der Waals surface area contributed by atoms with Crippen molar-refractivity contribution in [1.82, 2.24) is 10.9 Å². The zero-order valence-corrected chi connectivity index (χ0v) is 16.1. The molecule has 2 rings (SSSR count). The van der Waals surface area contributed by atoms with Crippen LogP contribution >= 0.6 is 11.6 Å². The van der Waals surface area contributed by atoms with Crippen LogP contribution in [-0.4, -0.2) is 18.4 Å². The number of rotatable bonds is 5. The highest BCUT2D eigenvalue weighted by Gasteiger charge is 2.30. The minimum absolute atomic E-state index is 0.189. The van der Waals surface area contributed by atoms with Crippen molar-refractivity contribution in [1.29, 1.82) is 0 Å². The second kappa shape index (κ2) is 8.23. The van der Waals surface area contributed by atoms with Gasteiger partial charge in [-0.15, -0.1) is 0 Å². The third-order valence-electron chi connectivity index (χ3n) is 4.15. The Morgan fingerprint density at radius 1 is 1.04 bits per heavy atom. The van der Waals surface area contributed by atoms with E-state index in [1.807, 2.05) is 32.0 Å². The van der Waals surface area contributed by atoms with Crippen LogP contribution in [0.5, 0.6) is 5.75 Å². The summed E-state index contributed by atoms with van der Waals surface area (Å²) >= 11 is 5.88. The minimum Gasteiger partial charge on any atom is -0.483 e. The molecule has 2 aromatic rings. The SMILES string of the molecule is Cc1ccc(C)c(OCC(=O)NNC(=O)C(C)(C)c2ccc(Cl)cc2)c1. The van der Waals surface area contributed by atoms with E-state index in [-0.39, 0.29) is 12.5 Å². The van der Waals surface area contributed by atoms with Crippen molar-refractivity contribution in [3.8, 4) is 5.75 Å². The predicted octanol–water partition coefficient (Wildman–Crippen LogP) is 3.46. The summed E-state index contributed by atoms with van der Waals surface area (Å²) in [4.78, 5) is 24.4. The van der Waals surface area contributed by atoms with Crippen molar-refractivity contribution >= 4 is 23.4 Å². The molecule has 5 nitrogen and oxygen atoms in total. The Bertz CT molecular complexity index is 801. The van der Waals surface area contributed by atoms with E-state index in [0.29, 0.717) is 10.8 Å². The van der Waals surface area contributed by atoms with E-state index in [2.05, 4.69) is 10.9 Å². The molecule has 0 saturated carbocycles. The van der Waals surface area contributed by atoms with Gasteiger partial charge in [-0.1, -0.05) is 35.9 Å². The van der Waals surface area contributed by atoms with E-state index in [1.54, 1.807) is 38.1 Å². The summed E-state index contributed by atoms with van der Waals surface area (Å²) in [6.07, 6.45) is 0. The highest BCUT2D eigenvalue weighted by Crippen LogP contribution is 2.24. The van der Waals surface area contributed by atoms with Gasteiger partial charge in [0.1, 0.15) is 5.75 Å². The number of benzene rings is 2. The van der Waals surface area contributed by atoms with Crippen LogP contribution in [0, 0.1) is 13.8 Å². The number of carbonyl (C=O) groups is 2. The molecule has 0 saturated heterocycles. The standard InChI is InChI=1S/C20H23ClN2O3/c1-13-5-6-14(2)17(11-13)26-12-18(24)22-23-19(25)20(3,4)15-7-9-16(21)10-8-15/h5-11H,12H2,1-4H3,(H,22,24)(H,23,25). The first-order valence-electron chi connectivity index (χ1n) is 8.25. The Balaban J connectivity index is 1.89. The number of hydrogen-bond donors (Lipinski definition) is 2. The van der Waals surface area contributed by atoms with E-state index >= 15 is 0 Å². The van der Waals surface area contributed by atoms with Crippen molar-refractivity contribution < 1.29 is 14.3 Å². The quantitative estimate of drug-likeness (QED) is 0.787. The monoisotopic (exact) mass is 374 g/mol. The molecule has 0 atom stereocenters. The lowest BCUT2D eigenvalue weighted by atomic mass is 9.84. The number of ether oxygens (including phenoxy) is 1. The summed E-state index contributed by atoms with van der Waals surface area (Å²) in [7, 11) is 0. The third kappa shape index (κ3) is 4.99. The normalized spacial score (nSPS) is 11.0. The maximum atomic E-state index is 12.4. The molecule has 2 N–H and O–H groups in total. The Labute approximate surface area is 158 Å². The van der Waals surface area contributed by atoms with E-state index in [9.17, 15) is 9.59 Å². The van der Waals surface area contributed by atoms with Crippen molar-refractivity contribution in [3.63, 3.8) is 0 Å². The first kappa shape index (κ1) is 19.8. The molecule has 0 aromatic heterocycles. The molecule has 6 heteroatoms. The van der Waals surface area contributed by atoms with Gasteiger partial charge in [0.25, 0.3) is 5.91 Å². The maximum absolute atomic E-state index is 12.4. The number of nitrogens with one attached hydrogen (secondary N) is 2. The van der Waals surface area contributed by atoms with Crippen LogP contribution in [0.15, 0.2) is 42.5 Å². The Morgan fingerprint density at radius 2 is 1.69 bits per heavy atom. The first-order chi connectivity index (χ1) is 12.2. The van der Waals surface area contributed by atoms with Crippen LogP contribution in [0.1, 0.15) is 30.5 Å². The zero-order chi connectivity index (χ0) is 19.3. The van der Waals surface area contributed by atoms with Crippen molar-refractivity contribution in [2.75, 3.05) is 6.61 Å². The third-order valence-corrected chi connectivity index (χ3v) is 4.40. The summed E-state index contributed by atoms with van der Waals surface area (Å²) in [6, 6.07) is 12.8. The molecular formula is C20H23ClN2O3. The summed E-state index contributed by atoms with van der Waals surface area (Å²) in [5, 5.41) is 0.599. The van der Waals surface area contributed by atoms with Gasteiger partial charge in [0.2, 0.25) is 5.91 Å². The average Bonchev–Trinajstić information content (AvgIpc) is 2.60. The van der Waals surface area contributed by atoms with Crippen LogP contribution in [0.2, 0.25) is 5.02 Å². The summed E-state index contributed by atoms with van der Waals surface area (Å²) in [5.41, 5.74) is 6.78. The van der Waals surface area contributed by atoms with E-state index in [1.165, 1.54) is 0 Å². The van der Waals surface area contributed by atoms with Crippen LogP contribution in [0.4, 0.5) is 0 Å². The highest BCUT2D eigenvalue weighted by atomic mass is 35.5. The van der Waals surface area contributed by atoms with E-state index < -0.39 is 11.3 Å². The van der Waals surface area contributed by atoms with Crippen LogP contribution in [0.3, 0.4) is 0 Å². The topological polar surface area (TPSA) is 67.4 Å². The second-order valence-corrected chi connectivity index (χ2v) is 7.13. The molecule has 0 fully saturated rings. The lowest BCUT2D eigenvalue weighted by Gasteiger charge is -2.24. The Morgan fingerprint density at radius 3 is 2.35 bits per heavy atom. The Kier molecular flexibility index (Phi) is 6.27. The average molecular weight is 375 g/mol. The molecule has 0 radical (unpaired) electrons. The van der Waals surface area contributed by atoms with Gasteiger partial charge in [-0.25, -0.2) is 0 Å². The van der Waals surface area contributed by atoms with Gasteiger partial charge in [0.05, 0.1) is 5.41 Å². The fourth-order valence-electron chi connectivity index (χ4n) is 2.32. The molecule has 0 heterocycles. The first-order valence-corrected chi connectivity index (χ1v) is 8.63. The second-order valence-electron chi connectivity index (χ2n) is 6.69. The van der Waals surface area contributed by atoms with Gasteiger partial charge in [-0.2, -0.15) is 0 Å². The lowest BCUT2D eigenvalue weighted by molar-refractivity contribution is -0.132. The molecule has 0 bridgehead atoms. The Hall–Kier alpha value is -2.53. The lowest BCUT2D eigenvalue weighted by Crippen LogP contribution is -2.50. The van der Waals surface area contributed by atoms with Gasteiger partial charge in [-0.05, 0) is 62.6 Å². The molecule has 2 amide bonds. The van der Waals surface area contributed by atoms with Crippen molar-refractivity contribution in [3.05, 3.63) is 64.2 Å². The summed E-state index contributed by atoms with van der Waals surface area (Å²) in [6.45, 7) is 7.20. The van der Waals surface area contributed by atoms with Gasteiger partial charge in [0.15, 0.2) is 6.61 Å². The highest BCUT2D eigenvalue weighted by molar-refractivity contribution is 6.30. The van der Waals surface area contributed by atoms with Crippen LogP contribution in [-0.2, 0) is 15.0 Å². The van der Waals surface area contributed by atoms with E-state index in [0.717, 1.165) is 16.7 Å². The number of amides is 2. The molecule has 0 aliphatic heterocycles. The van der Waals surface area contributed by atoms with Crippen LogP contribution in [0.25, 0.3) is 0 Å². The molecule has 0 aliphatic carbocycles.